The lowest BCUT2D eigenvalue weighted by atomic mass is 10.1. The van der Waals surface area contributed by atoms with Crippen LogP contribution in [0.15, 0.2) is 55.1 Å². The molecular weight excluding hydrogens is 318 g/mol. The number of hydrogen-bond donors (Lipinski definition) is 2. The zero-order valence-corrected chi connectivity index (χ0v) is 14.1. The number of benzene rings is 1. The van der Waals surface area contributed by atoms with Crippen molar-refractivity contribution in [1.82, 2.24) is 20.1 Å². The summed E-state index contributed by atoms with van der Waals surface area (Å²) in [6.45, 7) is 0.363. The number of aromatic nitrogens is 3. The van der Waals surface area contributed by atoms with Crippen molar-refractivity contribution in [2.24, 2.45) is 7.05 Å². The van der Waals surface area contributed by atoms with Crippen molar-refractivity contribution < 1.29 is 9.53 Å². The molecule has 0 unspecified atom stereocenters. The molecule has 2 heterocycles. The van der Waals surface area contributed by atoms with Crippen LogP contribution in [0.3, 0.4) is 0 Å². The Morgan fingerprint density at radius 3 is 2.80 bits per heavy atom. The maximum atomic E-state index is 12.1. The van der Waals surface area contributed by atoms with Crippen LogP contribution < -0.4 is 15.4 Å². The zero-order valence-electron chi connectivity index (χ0n) is 14.1. The van der Waals surface area contributed by atoms with Crippen LogP contribution in [0.25, 0.3) is 11.1 Å². The summed E-state index contributed by atoms with van der Waals surface area (Å²) in [6.07, 6.45) is 7.20. The van der Waals surface area contributed by atoms with E-state index >= 15 is 0 Å². The van der Waals surface area contributed by atoms with E-state index in [2.05, 4.69) is 20.7 Å². The van der Waals surface area contributed by atoms with Crippen molar-refractivity contribution in [2.75, 3.05) is 12.4 Å². The van der Waals surface area contributed by atoms with Gasteiger partial charge >= 0.3 is 6.03 Å². The van der Waals surface area contributed by atoms with Crippen molar-refractivity contribution in [3.63, 3.8) is 0 Å². The molecule has 0 atom stereocenters. The molecule has 25 heavy (non-hydrogen) atoms. The van der Waals surface area contributed by atoms with Crippen LogP contribution in [0, 0.1) is 0 Å². The summed E-state index contributed by atoms with van der Waals surface area (Å²) < 4.78 is 6.95. The van der Waals surface area contributed by atoms with Gasteiger partial charge in [0.1, 0.15) is 5.75 Å². The fourth-order valence-corrected chi connectivity index (χ4v) is 2.41. The summed E-state index contributed by atoms with van der Waals surface area (Å²) in [5.74, 6) is 0.609. The number of pyridine rings is 1. The molecule has 0 bridgehead atoms. The maximum absolute atomic E-state index is 12.1. The standard InChI is InChI=1S/C18H19N5O2/c1-23-12-15(11-21-23)14-7-13(8-19-10-14)9-20-18(24)22-16-5-3-4-6-17(16)25-2/h3-8,10-12H,9H2,1-2H3,(H2,20,22,24). The molecule has 0 fully saturated rings. The molecule has 0 saturated carbocycles. The summed E-state index contributed by atoms with van der Waals surface area (Å²) in [6, 6.07) is 8.92. The second kappa shape index (κ2) is 7.48. The van der Waals surface area contributed by atoms with E-state index in [0.717, 1.165) is 16.7 Å². The Kier molecular flexibility index (Phi) is 4.94. The molecule has 0 aliphatic rings. The Morgan fingerprint density at radius 2 is 2.04 bits per heavy atom. The number of carbonyl (C=O) groups is 1. The van der Waals surface area contributed by atoms with Gasteiger partial charge in [-0.3, -0.25) is 9.67 Å². The highest BCUT2D eigenvalue weighted by Crippen LogP contribution is 2.23. The Labute approximate surface area is 145 Å². The maximum Gasteiger partial charge on any atom is 0.319 e. The molecule has 2 amide bonds. The average molecular weight is 337 g/mol. The molecule has 128 valence electrons. The van der Waals surface area contributed by atoms with Gasteiger partial charge in [0.15, 0.2) is 0 Å². The number of hydrogen-bond acceptors (Lipinski definition) is 4. The van der Waals surface area contributed by atoms with Gasteiger partial charge in [0, 0.05) is 43.3 Å². The third-order valence-electron chi connectivity index (χ3n) is 3.64. The van der Waals surface area contributed by atoms with Gasteiger partial charge in [0.2, 0.25) is 0 Å². The Morgan fingerprint density at radius 1 is 1.20 bits per heavy atom. The third kappa shape index (κ3) is 4.14. The van der Waals surface area contributed by atoms with E-state index in [0.29, 0.717) is 18.0 Å². The average Bonchev–Trinajstić information content (AvgIpc) is 3.07. The van der Waals surface area contributed by atoms with Crippen LogP contribution in [0.2, 0.25) is 0 Å². The van der Waals surface area contributed by atoms with Crippen LogP contribution in [-0.2, 0) is 13.6 Å². The summed E-state index contributed by atoms with van der Waals surface area (Å²) in [5, 5.41) is 9.75. The van der Waals surface area contributed by atoms with Gasteiger partial charge in [-0.1, -0.05) is 12.1 Å². The number of para-hydroxylation sites is 2. The van der Waals surface area contributed by atoms with Crippen molar-refractivity contribution >= 4 is 11.7 Å². The minimum atomic E-state index is -0.309. The van der Waals surface area contributed by atoms with Crippen LogP contribution >= 0.6 is 0 Å². The number of nitrogens with one attached hydrogen (secondary N) is 2. The predicted octanol–water partition coefficient (Wildman–Crippen LogP) is 2.81. The van der Waals surface area contributed by atoms with Crippen LogP contribution in [0.5, 0.6) is 5.75 Å². The van der Waals surface area contributed by atoms with Crippen LogP contribution in [0.4, 0.5) is 10.5 Å². The van der Waals surface area contributed by atoms with Gasteiger partial charge in [-0.15, -0.1) is 0 Å². The summed E-state index contributed by atoms with van der Waals surface area (Å²) in [4.78, 5) is 16.3. The van der Waals surface area contributed by atoms with E-state index < -0.39 is 0 Å². The Hall–Kier alpha value is -3.35. The Balaban J connectivity index is 1.62. The first-order valence-electron chi connectivity index (χ1n) is 7.76. The normalized spacial score (nSPS) is 10.3. The topological polar surface area (TPSA) is 81.1 Å². The molecule has 0 aliphatic carbocycles. The molecule has 1 aromatic carbocycles. The molecule has 7 nitrogen and oxygen atoms in total. The minimum Gasteiger partial charge on any atom is -0.495 e. The van der Waals surface area contributed by atoms with Gasteiger partial charge in [-0.2, -0.15) is 5.10 Å². The first-order valence-corrected chi connectivity index (χ1v) is 7.76. The van der Waals surface area contributed by atoms with Gasteiger partial charge in [0.05, 0.1) is 19.0 Å². The van der Waals surface area contributed by atoms with Gasteiger partial charge in [-0.25, -0.2) is 4.79 Å². The van der Waals surface area contributed by atoms with Crippen molar-refractivity contribution in [3.8, 4) is 16.9 Å². The molecule has 2 N–H and O–H groups in total. The van der Waals surface area contributed by atoms with Gasteiger partial charge < -0.3 is 15.4 Å². The highest BCUT2D eigenvalue weighted by atomic mass is 16.5. The smallest absolute Gasteiger partial charge is 0.319 e. The quantitative estimate of drug-likeness (QED) is 0.750. The first-order chi connectivity index (χ1) is 12.2. The lowest BCUT2D eigenvalue weighted by Crippen LogP contribution is -2.28. The van der Waals surface area contributed by atoms with Gasteiger partial charge in [-0.05, 0) is 23.8 Å². The van der Waals surface area contributed by atoms with Crippen molar-refractivity contribution in [2.45, 2.75) is 6.54 Å². The molecule has 7 heteroatoms. The molecular formula is C18H19N5O2. The monoisotopic (exact) mass is 337 g/mol. The molecule has 2 aromatic heterocycles. The number of amides is 2. The van der Waals surface area contributed by atoms with Crippen LogP contribution in [-0.4, -0.2) is 27.9 Å². The van der Waals surface area contributed by atoms with E-state index in [1.807, 2.05) is 31.4 Å². The van der Waals surface area contributed by atoms with E-state index in [4.69, 9.17) is 4.74 Å². The number of ether oxygens (including phenoxy) is 1. The van der Waals surface area contributed by atoms with E-state index in [-0.39, 0.29) is 6.03 Å². The largest absolute Gasteiger partial charge is 0.495 e. The molecule has 3 aromatic rings. The highest BCUT2D eigenvalue weighted by Gasteiger charge is 2.07. The fraction of sp³-hybridized carbons (Fsp3) is 0.167. The highest BCUT2D eigenvalue weighted by molar-refractivity contribution is 5.90. The lowest BCUT2D eigenvalue weighted by molar-refractivity contribution is 0.251. The molecule has 0 radical (unpaired) electrons. The lowest BCUT2D eigenvalue weighted by Gasteiger charge is -2.11. The Bertz CT molecular complexity index is 875. The summed E-state index contributed by atoms with van der Waals surface area (Å²) in [7, 11) is 3.43. The third-order valence-corrected chi connectivity index (χ3v) is 3.64. The summed E-state index contributed by atoms with van der Waals surface area (Å²) in [5.41, 5.74) is 3.45. The molecule has 0 aliphatic heterocycles. The number of carbonyl (C=O) groups excluding carboxylic acids is 1. The molecule has 0 spiro atoms. The minimum absolute atomic E-state index is 0.309. The number of aryl methyl sites for hydroxylation is 1. The molecule has 3 rings (SSSR count). The molecule has 0 saturated heterocycles. The predicted molar refractivity (Wildman–Crippen MR) is 95.3 cm³/mol. The second-order valence-electron chi connectivity index (χ2n) is 5.49. The number of urea groups is 1. The summed E-state index contributed by atoms with van der Waals surface area (Å²) >= 11 is 0. The first kappa shape index (κ1) is 16.5. The SMILES string of the molecule is COc1ccccc1NC(=O)NCc1cncc(-c2cnn(C)c2)c1. The fourth-order valence-electron chi connectivity index (χ4n) is 2.41. The number of methoxy groups -OCH3 is 1. The zero-order chi connectivity index (χ0) is 17.6. The van der Waals surface area contributed by atoms with Gasteiger partial charge in [0.25, 0.3) is 0 Å². The van der Waals surface area contributed by atoms with Crippen molar-refractivity contribution in [1.29, 1.82) is 0 Å². The van der Waals surface area contributed by atoms with E-state index in [1.54, 1.807) is 42.5 Å². The second-order valence-corrected chi connectivity index (χ2v) is 5.49. The number of anilines is 1. The van der Waals surface area contributed by atoms with Crippen LogP contribution in [0.1, 0.15) is 5.56 Å². The number of rotatable bonds is 5. The number of nitrogens with zero attached hydrogens (tertiary/aromatic N) is 3. The van der Waals surface area contributed by atoms with Crippen molar-refractivity contribution in [3.05, 3.63) is 60.7 Å². The van der Waals surface area contributed by atoms with E-state index in [9.17, 15) is 4.79 Å². The van der Waals surface area contributed by atoms with E-state index in [1.165, 1.54) is 0 Å².